The van der Waals surface area contributed by atoms with Gasteiger partial charge in [0.2, 0.25) is 5.95 Å². The number of hydrogen-bond acceptors (Lipinski definition) is 4. The normalized spacial score (nSPS) is 14.9. The molecule has 0 amide bonds. The molecule has 4 nitrogen and oxygen atoms in total. The molecule has 5 heteroatoms. The predicted octanol–water partition coefficient (Wildman–Crippen LogP) is 1.82. The number of nitrogens with one attached hydrogen (secondary N) is 1. The summed E-state index contributed by atoms with van der Waals surface area (Å²) in [4.78, 5) is 7.95. The molecule has 0 aromatic carbocycles. The minimum atomic E-state index is 0.209. The summed E-state index contributed by atoms with van der Waals surface area (Å²) in [6.07, 6.45) is 3.98. The summed E-state index contributed by atoms with van der Waals surface area (Å²) >= 11 is 5.75. The van der Waals surface area contributed by atoms with Crippen molar-refractivity contribution in [3.8, 4) is 6.07 Å². The molecular weight excluding hydrogens is 200 g/mol. The highest BCUT2D eigenvalue weighted by Gasteiger charge is 2.21. The Hall–Kier alpha value is -1.34. The van der Waals surface area contributed by atoms with Crippen LogP contribution in [0, 0.1) is 17.2 Å². The molecule has 1 heterocycles. The zero-order valence-electron chi connectivity index (χ0n) is 7.50. The van der Waals surface area contributed by atoms with Gasteiger partial charge in [0.05, 0.1) is 6.20 Å². The highest BCUT2D eigenvalue weighted by Crippen LogP contribution is 2.28. The molecule has 0 spiro atoms. The zero-order chi connectivity index (χ0) is 9.97. The first-order valence-electron chi connectivity index (χ1n) is 4.46. The molecule has 1 N–H and O–H groups in total. The summed E-state index contributed by atoms with van der Waals surface area (Å²) in [5, 5.41) is 11.9. The number of rotatable bonds is 3. The molecule has 14 heavy (non-hydrogen) atoms. The molecule has 0 saturated heterocycles. The first-order chi connectivity index (χ1) is 6.79. The van der Waals surface area contributed by atoms with Gasteiger partial charge in [-0.1, -0.05) is 11.6 Å². The van der Waals surface area contributed by atoms with Crippen molar-refractivity contribution in [2.75, 3.05) is 11.9 Å². The summed E-state index contributed by atoms with van der Waals surface area (Å²) < 4.78 is 0. The standard InChI is InChI=1S/C9H9ClN4/c10-8-7(3-11)5-13-9(14-8)12-4-6-1-2-6/h5-6H,1-2,4H2,(H,12,13,14). The van der Waals surface area contributed by atoms with Crippen LogP contribution in [0.4, 0.5) is 5.95 Å². The Morgan fingerprint density at radius 2 is 2.43 bits per heavy atom. The van der Waals surface area contributed by atoms with Crippen LogP contribution in [0.25, 0.3) is 0 Å². The molecule has 0 aliphatic heterocycles. The van der Waals surface area contributed by atoms with Gasteiger partial charge in [0.15, 0.2) is 5.15 Å². The van der Waals surface area contributed by atoms with Crippen LogP contribution in [0.5, 0.6) is 0 Å². The molecule has 1 aromatic rings. The maximum Gasteiger partial charge on any atom is 0.224 e. The van der Waals surface area contributed by atoms with Crippen LogP contribution in [-0.4, -0.2) is 16.5 Å². The van der Waals surface area contributed by atoms with Crippen molar-refractivity contribution in [2.45, 2.75) is 12.8 Å². The maximum atomic E-state index is 8.60. The second kappa shape index (κ2) is 3.81. The van der Waals surface area contributed by atoms with Gasteiger partial charge in [0.1, 0.15) is 11.6 Å². The Kier molecular flexibility index (Phi) is 2.51. The van der Waals surface area contributed by atoms with Crippen molar-refractivity contribution < 1.29 is 0 Å². The highest BCUT2D eigenvalue weighted by atomic mass is 35.5. The van der Waals surface area contributed by atoms with E-state index in [0.29, 0.717) is 11.5 Å². The molecular formula is C9H9ClN4. The largest absolute Gasteiger partial charge is 0.354 e. The summed E-state index contributed by atoms with van der Waals surface area (Å²) in [6.45, 7) is 0.891. The molecule has 1 aliphatic carbocycles. The van der Waals surface area contributed by atoms with Gasteiger partial charge in [-0.25, -0.2) is 4.98 Å². The second-order valence-corrected chi connectivity index (χ2v) is 3.69. The molecule has 0 radical (unpaired) electrons. The molecule has 0 atom stereocenters. The molecule has 72 valence electrons. The Morgan fingerprint density at radius 3 is 3.00 bits per heavy atom. The van der Waals surface area contributed by atoms with E-state index in [4.69, 9.17) is 16.9 Å². The quantitative estimate of drug-likeness (QED) is 0.770. The number of aromatic nitrogens is 2. The van der Waals surface area contributed by atoms with Crippen molar-refractivity contribution in [1.29, 1.82) is 5.26 Å². The third-order valence-electron chi connectivity index (χ3n) is 2.11. The van der Waals surface area contributed by atoms with E-state index in [2.05, 4.69) is 15.3 Å². The van der Waals surface area contributed by atoms with Gasteiger partial charge in [-0.15, -0.1) is 0 Å². The Labute approximate surface area is 86.9 Å². The number of halogens is 1. The van der Waals surface area contributed by atoms with Crippen LogP contribution in [0.3, 0.4) is 0 Å². The van der Waals surface area contributed by atoms with Gasteiger partial charge in [0, 0.05) is 6.54 Å². The van der Waals surface area contributed by atoms with Crippen LogP contribution in [0.15, 0.2) is 6.20 Å². The fourth-order valence-corrected chi connectivity index (χ4v) is 1.25. The lowest BCUT2D eigenvalue weighted by molar-refractivity contribution is 0.873. The molecule has 1 aromatic heterocycles. The SMILES string of the molecule is N#Cc1cnc(NCC2CC2)nc1Cl. The topological polar surface area (TPSA) is 61.6 Å². The molecule has 1 saturated carbocycles. The van der Waals surface area contributed by atoms with Crippen molar-refractivity contribution in [1.82, 2.24) is 9.97 Å². The van der Waals surface area contributed by atoms with E-state index in [9.17, 15) is 0 Å². The molecule has 0 bridgehead atoms. The first kappa shape index (κ1) is 9.22. The van der Waals surface area contributed by atoms with Crippen LogP contribution >= 0.6 is 11.6 Å². The monoisotopic (exact) mass is 208 g/mol. The zero-order valence-corrected chi connectivity index (χ0v) is 8.25. The smallest absolute Gasteiger partial charge is 0.224 e. The van der Waals surface area contributed by atoms with Gasteiger partial charge >= 0.3 is 0 Å². The third-order valence-corrected chi connectivity index (χ3v) is 2.40. The molecule has 1 fully saturated rings. The summed E-state index contributed by atoms with van der Waals surface area (Å²) in [5.41, 5.74) is 0.309. The maximum absolute atomic E-state index is 8.60. The Bertz CT molecular complexity index is 381. The van der Waals surface area contributed by atoms with Crippen LogP contribution in [-0.2, 0) is 0 Å². The van der Waals surface area contributed by atoms with E-state index in [1.54, 1.807) is 0 Å². The number of nitrogens with zero attached hydrogens (tertiary/aromatic N) is 3. The number of hydrogen-bond donors (Lipinski definition) is 1. The third kappa shape index (κ3) is 2.12. The van der Waals surface area contributed by atoms with Crippen LogP contribution < -0.4 is 5.32 Å². The average molecular weight is 209 g/mol. The summed E-state index contributed by atoms with van der Waals surface area (Å²) in [6, 6.07) is 1.91. The predicted molar refractivity (Wildman–Crippen MR) is 53.0 cm³/mol. The average Bonchev–Trinajstić information content (AvgIpc) is 2.98. The lowest BCUT2D eigenvalue weighted by atomic mass is 10.4. The van der Waals surface area contributed by atoms with Crippen molar-refractivity contribution in [2.24, 2.45) is 5.92 Å². The second-order valence-electron chi connectivity index (χ2n) is 3.33. The minimum absolute atomic E-state index is 0.209. The van der Waals surface area contributed by atoms with Crippen molar-refractivity contribution in [3.63, 3.8) is 0 Å². The van der Waals surface area contributed by atoms with Crippen LogP contribution in [0.1, 0.15) is 18.4 Å². The first-order valence-corrected chi connectivity index (χ1v) is 4.84. The van der Waals surface area contributed by atoms with Crippen molar-refractivity contribution in [3.05, 3.63) is 16.9 Å². The van der Waals surface area contributed by atoms with E-state index < -0.39 is 0 Å². The number of nitriles is 1. The molecule has 0 unspecified atom stereocenters. The lowest BCUT2D eigenvalue weighted by Gasteiger charge is -2.03. The molecule has 1 aliphatic rings. The lowest BCUT2D eigenvalue weighted by Crippen LogP contribution is -2.07. The van der Waals surface area contributed by atoms with E-state index in [1.807, 2.05) is 6.07 Å². The van der Waals surface area contributed by atoms with E-state index >= 15 is 0 Å². The van der Waals surface area contributed by atoms with Gasteiger partial charge in [-0.3, -0.25) is 0 Å². The minimum Gasteiger partial charge on any atom is -0.354 e. The van der Waals surface area contributed by atoms with E-state index in [0.717, 1.165) is 12.5 Å². The number of anilines is 1. The fourth-order valence-electron chi connectivity index (χ4n) is 1.08. The van der Waals surface area contributed by atoms with Crippen molar-refractivity contribution >= 4 is 17.5 Å². The van der Waals surface area contributed by atoms with Gasteiger partial charge in [-0.05, 0) is 18.8 Å². The highest BCUT2D eigenvalue weighted by molar-refractivity contribution is 6.30. The fraction of sp³-hybridized carbons (Fsp3) is 0.444. The van der Waals surface area contributed by atoms with Gasteiger partial charge in [-0.2, -0.15) is 10.2 Å². The summed E-state index contributed by atoms with van der Waals surface area (Å²) in [7, 11) is 0. The summed E-state index contributed by atoms with van der Waals surface area (Å²) in [5.74, 6) is 1.26. The Morgan fingerprint density at radius 1 is 1.64 bits per heavy atom. The van der Waals surface area contributed by atoms with Gasteiger partial charge < -0.3 is 5.32 Å². The molecule has 2 rings (SSSR count). The van der Waals surface area contributed by atoms with E-state index in [1.165, 1.54) is 19.0 Å². The van der Waals surface area contributed by atoms with Gasteiger partial charge in [0.25, 0.3) is 0 Å². The Balaban J connectivity index is 2.03. The van der Waals surface area contributed by atoms with E-state index in [-0.39, 0.29) is 5.15 Å². The van der Waals surface area contributed by atoms with Crippen LogP contribution in [0.2, 0.25) is 5.15 Å².